The molecule has 1 N–H and O–H groups in total. The van der Waals surface area contributed by atoms with Crippen molar-refractivity contribution >= 4 is 28.4 Å². The predicted molar refractivity (Wildman–Crippen MR) is 101 cm³/mol. The van der Waals surface area contributed by atoms with Crippen molar-refractivity contribution in [2.45, 2.75) is 6.18 Å². The number of alkyl halides is 3. The van der Waals surface area contributed by atoms with E-state index in [4.69, 9.17) is 0 Å². The molecular formula is C18H17F3N4O4S. The molecule has 0 aliphatic carbocycles. The molecule has 30 heavy (non-hydrogen) atoms. The van der Waals surface area contributed by atoms with E-state index >= 15 is 0 Å². The average Bonchev–Trinajstić information content (AvgIpc) is 2.72. The van der Waals surface area contributed by atoms with E-state index < -0.39 is 34.2 Å². The monoisotopic (exact) mass is 442 g/mol. The molecule has 2 heterocycles. The number of halogens is 3. The van der Waals surface area contributed by atoms with Crippen LogP contribution in [-0.2, 0) is 17.1 Å². The molecule has 160 valence electrons. The van der Waals surface area contributed by atoms with Crippen LogP contribution in [0.2, 0.25) is 0 Å². The summed E-state index contributed by atoms with van der Waals surface area (Å²) in [4.78, 5) is 31.9. The second-order valence-corrected chi connectivity index (χ2v) is 7.19. The average molecular weight is 442 g/mol. The number of carbonyl (C=O) groups excluding carboxylic acids is 2. The van der Waals surface area contributed by atoms with Gasteiger partial charge >= 0.3 is 6.18 Å². The number of benzene rings is 1. The number of carbonyl (C=O) groups is 2. The van der Waals surface area contributed by atoms with Crippen LogP contribution in [0.4, 0.5) is 18.9 Å². The Morgan fingerprint density at radius 1 is 0.900 bits per heavy atom. The third-order valence-corrected chi connectivity index (χ3v) is 4.99. The van der Waals surface area contributed by atoms with Gasteiger partial charge in [-0.3, -0.25) is 19.3 Å². The van der Waals surface area contributed by atoms with Gasteiger partial charge in [0.15, 0.2) is 0 Å². The Hall–Kier alpha value is -3.15. The number of thiol groups is 1. The minimum Gasteiger partial charge on any atom is -0.335 e. The van der Waals surface area contributed by atoms with Gasteiger partial charge < -0.3 is 9.80 Å². The molecule has 0 bridgehead atoms. The molecule has 1 aliphatic heterocycles. The summed E-state index contributed by atoms with van der Waals surface area (Å²) in [5, 5.41) is 0. The minimum atomic E-state index is -4.85. The molecule has 1 fully saturated rings. The Labute approximate surface area is 171 Å². The van der Waals surface area contributed by atoms with E-state index in [2.05, 4.69) is 4.98 Å². The standard InChI is InChI=1S/C18H17F3N4O4S/c19-18(20,21)14-11-13(1-2-15(14)23-30(28)29)17(27)25-9-7-24(8-10-25)16(26)12-3-5-22-6-4-12/h1-6,11,30H,7-10H2,(H,23,28,29). The quantitative estimate of drug-likeness (QED) is 0.702. The highest BCUT2D eigenvalue weighted by Crippen LogP contribution is 2.35. The molecule has 2 amide bonds. The lowest BCUT2D eigenvalue weighted by molar-refractivity contribution is -0.136. The van der Waals surface area contributed by atoms with Gasteiger partial charge in [0.05, 0.1) is 11.3 Å². The first-order valence-corrected chi connectivity index (χ1v) is 9.95. The van der Waals surface area contributed by atoms with Crippen LogP contribution < -0.4 is 4.72 Å². The predicted octanol–water partition coefficient (Wildman–Crippen LogP) is 1.64. The van der Waals surface area contributed by atoms with Crippen molar-refractivity contribution in [1.29, 1.82) is 0 Å². The van der Waals surface area contributed by atoms with Crippen molar-refractivity contribution in [3.63, 3.8) is 0 Å². The molecule has 2 aromatic rings. The third kappa shape index (κ3) is 4.87. The van der Waals surface area contributed by atoms with Crippen LogP contribution >= 0.6 is 0 Å². The van der Waals surface area contributed by atoms with Gasteiger partial charge in [-0.05, 0) is 30.3 Å². The summed E-state index contributed by atoms with van der Waals surface area (Å²) in [6.07, 6.45) is -1.86. The highest BCUT2D eigenvalue weighted by molar-refractivity contribution is 7.73. The van der Waals surface area contributed by atoms with E-state index in [0.29, 0.717) is 11.6 Å². The van der Waals surface area contributed by atoms with Crippen LogP contribution in [0.1, 0.15) is 26.3 Å². The first kappa shape index (κ1) is 21.6. The lowest BCUT2D eigenvalue weighted by atomic mass is 10.1. The van der Waals surface area contributed by atoms with Gasteiger partial charge in [-0.2, -0.15) is 13.2 Å². The number of nitrogens with zero attached hydrogens (tertiary/aromatic N) is 3. The van der Waals surface area contributed by atoms with Gasteiger partial charge in [-0.25, -0.2) is 8.42 Å². The van der Waals surface area contributed by atoms with E-state index in [-0.39, 0.29) is 37.6 Å². The summed E-state index contributed by atoms with van der Waals surface area (Å²) in [5.74, 6) is -0.847. The second kappa shape index (κ2) is 8.69. The number of amides is 2. The van der Waals surface area contributed by atoms with Gasteiger partial charge in [0.25, 0.3) is 11.8 Å². The number of rotatable bonds is 4. The van der Waals surface area contributed by atoms with Crippen LogP contribution in [0.3, 0.4) is 0 Å². The van der Waals surface area contributed by atoms with Crippen LogP contribution in [-0.4, -0.2) is 61.2 Å². The van der Waals surface area contributed by atoms with Gasteiger partial charge in [0.2, 0.25) is 10.9 Å². The molecule has 0 saturated carbocycles. The number of hydrogen-bond donors (Lipinski definition) is 2. The highest BCUT2D eigenvalue weighted by Gasteiger charge is 2.35. The molecule has 12 heteroatoms. The normalized spacial score (nSPS) is 14.7. The van der Waals surface area contributed by atoms with Gasteiger partial charge in [0.1, 0.15) is 0 Å². The van der Waals surface area contributed by atoms with Gasteiger partial charge in [0, 0.05) is 49.7 Å². The fourth-order valence-electron chi connectivity index (χ4n) is 3.08. The Bertz CT molecular complexity index is 1010. The zero-order valence-electron chi connectivity index (χ0n) is 15.4. The zero-order valence-corrected chi connectivity index (χ0v) is 16.3. The lowest BCUT2D eigenvalue weighted by Crippen LogP contribution is -2.50. The molecule has 0 radical (unpaired) electrons. The Balaban J connectivity index is 1.72. The SMILES string of the molecule is O=C(c1ccncc1)N1CCN(C(=O)c2ccc(N[SH](=O)=O)c(C(F)(F)F)c2)CC1. The molecular weight excluding hydrogens is 425 g/mol. The van der Waals surface area contributed by atoms with Gasteiger partial charge in [-0.1, -0.05) is 0 Å². The van der Waals surface area contributed by atoms with Crippen molar-refractivity contribution in [2.75, 3.05) is 30.9 Å². The van der Waals surface area contributed by atoms with Crippen molar-refractivity contribution in [1.82, 2.24) is 14.8 Å². The molecule has 3 rings (SSSR count). The largest absolute Gasteiger partial charge is 0.418 e. The summed E-state index contributed by atoms with van der Waals surface area (Å²) in [5.41, 5.74) is -1.66. The lowest BCUT2D eigenvalue weighted by Gasteiger charge is -2.35. The number of aromatic nitrogens is 1. The molecule has 8 nitrogen and oxygen atoms in total. The van der Waals surface area contributed by atoms with E-state index in [1.54, 1.807) is 21.8 Å². The third-order valence-electron chi connectivity index (χ3n) is 4.57. The van der Waals surface area contributed by atoms with Crippen molar-refractivity contribution in [2.24, 2.45) is 0 Å². The molecule has 1 aliphatic rings. The number of hydrogen-bond acceptors (Lipinski definition) is 5. The highest BCUT2D eigenvalue weighted by atomic mass is 32.2. The van der Waals surface area contributed by atoms with Crippen LogP contribution in [0, 0.1) is 0 Å². The summed E-state index contributed by atoms with van der Waals surface area (Å²) in [6.45, 7) is 0.775. The second-order valence-electron chi connectivity index (χ2n) is 6.45. The molecule has 0 spiro atoms. The molecule has 0 atom stereocenters. The molecule has 1 saturated heterocycles. The Morgan fingerprint density at radius 3 is 1.93 bits per heavy atom. The summed E-state index contributed by atoms with van der Waals surface area (Å²) < 4.78 is 63.0. The van der Waals surface area contributed by atoms with Gasteiger partial charge in [-0.15, -0.1) is 0 Å². The Kier molecular flexibility index (Phi) is 6.25. The maximum atomic E-state index is 13.3. The van der Waals surface area contributed by atoms with E-state index in [1.807, 2.05) is 0 Å². The number of piperazine rings is 1. The summed E-state index contributed by atoms with van der Waals surface area (Å²) in [6, 6.07) is 5.81. The number of pyridine rings is 1. The molecule has 1 aromatic carbocycles. The minimum absolute atomic E-state index is 0.156. The van der Waals surface area contributed by atoms with E-state index in [9.17, 15) is 31.2 Å². The summed E-state index contributed by atoms with van der Waals surface area (Å²) in [7, 11) is -3.29. The molecule has 1 aromatic heterocycles. The van der Waals surface area contributed by atoms with Crippen LogP contribution in [0.25, 0.3) is 0 Å². The first-order valence-electron chi connectivity index (χ1n) is 8.77. The fourth-order valence-corrected chi connectivity index (χ4v) is 3.47. The number of nitrogens with one attached hydrogen (secondary N) is 1. The van der Waals surface area contributed by atoms with Crippen molar-refractivity contribution in [3.8, 4) is 0 Å². The van der Waals surface area contributed by atoms with E-state index in [0.717, 1.165) is 12.1 Å². The Morgan fingerprint density at radius 2 is 1.43 bits per heavy atom. The maximum Gasteiger partial charge on any atom is 0.418 e. The van der Waals surface area contributed by atoms with Crippen molar-refractivity contribution in [3.05, 3.63) is 59.4 Å². The van der Waals surface area contributed by atoms with E-state index in [1.165, 1.54) is 17.3 Å². The zero-order chi connectivity index (χ0) is 21.9. The summed E-state index contributed by atoms with van der Waals surface area (Å²) >= 11 is 0. The first-order chi connectivity index (χ1) is 14.2. The van der Waals surface area contributed by atoms with Crippen LogP contribution in [0.5, 0.6) is 0 Å². The molecule has 0 unspecified atom stereocenters. The smallest absolute Gasteiger partial charge is 0.335 e. The topological polar surface area (TPSA) is 99.7 Å². The van der Waals surface area contributed by atoms with Crippen LogP contribution in [0.15, 0.2) is 42.7 Å². The van der Waals surface area contributed by atoms with Crippen molar-refractivity contribution < 1.29 is 31.2 Å². The maximum absolute atomic E-state index is 13.3. The fraction of sp³-hybridized carbons (Fsp3) is 0.278. The number of anilines is 1.